The molecule has 6 nitrogen and oxygen atoms in total. The van der Waals surface area contributed by atoms with E-state index < -0.39 is 0 Å². The molecule has 26 heavy (non-hydrogen) atoms. The molecule has 0 aliphatic carbocycles. The summed E-state index contributed by atoms with van der Waals surface area (Å²) in [5.41, 5.74) is 4.69. The largest absolute Gasteiger partial charge is 0.317 e. The number of imidazole rings is 2. The maximum Gasteiger partial charge on any atom is 0.194 e. The van der Waals surface area contributed by atoms with Gasteiger partial charge in [0.15, 0.2) is 10.6 Å². The Labute approximate surface area is 154 Å². The average molecular weight is 362 g/mol. The number of pyridine rings is 1. The zero-order chi connectivity index (χ0) is 17.7. The average Bonchev–Trinajstić information content (AvgIpc) is 3.37. The van der Waals surface area contributed by atoms with Crippen LogP contribution in [-0.4, -0.2) is 31.9 Å². The Hall–Kier alpha value is -2.69. The van der Waals surface area contributed by atoms with E-state index in [1.54, 1.807) is 17.5 Å². The number of fused-ring (bicyclic) bond motifs is 2. The van der Waals surface area contributed by atoms with E-state index >= 15 is 0 Å². The van der Waals surface area contributed by atoms with Gasteiger partial charge in [-0.1, -0.05) is 11.3 Å². The summed E-state index contributed by atoms with van der Waals surface area (Å²) in [6, 6.07) is 4.18. The third kappa shape index (κ3) is 2.34. The van der Waals surface area contributed by atoms with Crippen LogP contribution in [0.5, 0.6) is 0 Å². The highest BCUT2D eigenvalue weighted by atomic mass is 32.1. The molecule has 5 rings (SSSR count). The number of nitrogens with one attached hydrogen (secondary N) is 1. The molecule has 0 unspecified atom stereocenters. The highest BCUT2D eigenvalue weighted by Crippen LogP contribution is 2.35. The summed E-state index contributed by atoms with van der Waals surface area (Å²) in [6.45, 7) is 4.26. The molecule has 0 spiro atoms. The molecule has 130 valence electrons. The molecule has 1 aliphatic heterocycles. The second-order valence-electron chi connectivity index (χ2n) is 6.77. The Balaban J connectivity index is 1.60. The van der Waals surface area contributed by atoms with Gasteiger partial charge in [0.1, 0.15) is 6.07 Å². The van der Waals surface area contributed by atoms with E-state index in [1.165, 1.54) is 11.4 Å². The molecule has 0 radical (unpaired) electrons. The van der Waals surface area contributed by atoms with E-state index in [-0.39, 0.29) is 0 Å². The molecule has 0 aromatic carbocycles. The smallest absolute Gasteiger partial charge is 0.194 e. The summed E-state index contributed by atoms with van der Waals surface area (Å²) in [5, 5.41) is 12.9. The summed E-state index contributed by atoms with van der Waals surface area (Å²) in [7, 11) is 0. The van der Waals surface area contributed by atoms with Crippen LogP contribution in [0.25, 0.3) is 21.0 Å². The van der Waals surface area contributed by atoms with Gasteiger partial charge in [-0.2, -0.15) is 5.26 Å². The highest BCUT2D eigenvalue weighted by Gasteiger charge is 2.21. The van der Waals surface area contributed by atoms with Gasteiger partial charge in [-0.25, -0.2) is 9.97 Å². The Morgan fingerprint density at radius 3 is 2.92 bits per heavy atom. The van der Waals surface area contributed by atoms with E-state index in [9.17, 15) is 5.26 Å². The summed E-state index contributed by atoms with van der Waals surface area (Å²) < 4.78 is 4.11. The van der Waals surface area contributed by atoms with Crippen molar-refractivity contribution in [2.45, 2.75) is 25.7 Å². The second kappa shape index (κ2) is 5.94. The maximum absolute atomic E-state index is 9.45. The minimum atomic E-state index is 0.554. The van der Waals surface area contributed by atoms with Gasteiger partial charge in [-0.05, 0) is 38.9 Å². The minimum absolute atomic E-state index is 0.554. The van der Waals surface area contributed by atoms with Crippen LogP contribution in [0.4, 0.5) is 0 Å². The fourth-order valence-electron chi connectivity index (χ4n) is 3.79. The van der Waals surface area contributed by atoms with Crippen molar-refractivity contribution in [2.24, 2.45) is 0 Å². The molecule has 1 fully saturated rings. The van der Waals surface area contributed by atoms with Crippen molar-refractivity contribution in [1.29, 1.82) is 5.26 Å². The van der Waals surface area contributed by atoms with Crippen molar-refractivity contribution in [1.82, 2.24) is 24.1 Å². The lowest BCUT2D eigenvalue weighted by molar-refractivity contribution is 0.454. The number of aryl methyl sites for hydroxylation is 1. The first-order chi connectivity index (χ1) is 12.7. The van der Waals surface area contributed by atoms with Gasteiger partial charge >= 0.3 is 0 Å². The van der Waals surface area contributed by atoms with Crippen molar-refractivity contribution in [2.75, 3.05) is 13.1 Å². The molecule has 7 heteroatoms. The van der Waals surface area contributed by atoms with Gasteiger partial charge in [-0.3, -0.25) is 4.40 Å². The van der Waals surface area contributed by atoms with Gasteiger partial charge in [0.25, 0.3) is 0 Å². The predicted molar refractivity (Wildman–Crippen MR) is 102 cm³/mol. The molecule has 1 saturated heterocycles. The second-order valence-corrected chi connectivity index (χ2v) is 7.75. The van der Waals surface area contributed by atoms with Gasteiger partial charge in [0.05, 0.1) is 16.1 Å². The third-order valence-corrected chi connectivity index (χ3v) is 6.41. The van der Waals surface area contributed by atoms with Crippen LogP contribution in [-0.2, 0) is 0 Å². The molecule has 1 aliphatic rings. The first kappa shape index (κ1) is 15.6. The van der Waals surface area contributed by atoms with Crippen LogP contribution in [0.3, 0.4) is 0 Å². The molecule has 5 heterocycles. The molecule has 1 N–H and O–H groups in total. The quantitative estimate of drug-likeness (QED) is 0.594. The summed E-state index contributed by atoms with van der Waals surface area (Å²) in [4.78, 5) is 11.3. The zero-order valence-electron chi connectivity index (χ0n) is 14.4. The Morgan fingerprint density at radius 2 is 2.15 bits per heavy atom. The first-order valence-corrected chi connectivity index (χ1v) is 9.62. The first-order valence-electron chi connectivity index (χ1n) is 8.81. The standard InChI is InChI=1S/C19H18N6S/c1-12-17(15-8-14(9-20)18-22-6-7-24(18)10-15)26-19-23-16(11-25(12)19)13-2-4-21-5-3-13/h6-8,10-11,13,21H,2-5H2,1H3. The van der Waals surface area contributed by atoms with E-state index in [1.807, 2.05) is 22.9 Å². The lowest BCUT2D eigenvalue weighted by atomic mass is 9.95. The van der Waals surface area contributed by atoms with Crippen molar-refractivity contribution in [3.63, 3.8) is 0 Å². The number of thiazole rings is 1. The number of rotatable bonds is 2. The van der Waals surface area contributed by atoms with E-state index in [4.69, 9.17) is 4.98 Å². The minimum Gasteiger partial charge on any atom is -0.317 e. The van der Waals surface area contributed by atoms with Gasteiger partial charge in [-0.15, -0.1) is 0 Å². The Bertz CT molecular complexity index is 1150. The van der Waals surface area contributed by atoms with Crippen molar-refractivity contribution in [3.05, 3.63) is 47.8 Å². The lowest BCUT2D eigenvalue weighted by Crippen LogP contribution is -2.26. The number of nitrogens with zero attached hydrogens (tertiary/aromatic N) is 5. The monoisotopic (exact) mass is 362 g/mol. The van der Waals surface area contributed by atoms with E-state index in [2.05, 4.69) is 33.9 Å². The van der Waals surface area contributed by atoms with Crippen LogP contribution in [0.15, 0.2) is 30.9 Å². The Kier molecular flexibility index (Phi) is 3.55. The SMILES string of the molecule is Cc1c(-c2cc(C#N)c3nccn3c2)sc2nc(C3CCNCC3)cn12. The number of hydrogen-bond acceptors (Lipinski definition) is 5. The molecule has 0 atom stereocenters. The topological polar surface area (TPSA) is 70.4 Å². The van der Waals surface area contributed by atoms with Gasteiger partial charge in [0, 0.05) is 42.0 Å². The van der Waals surface area contributed by atoms with Crippen LogP contribution < -0.4 is 5.32 Å². The summed E-state index contributed by atoms with van der Waals surface area (Å²) >= 11 is 1.69. The third-order valence-electron chi connectivity index (χ3n) is 5.20. The van der Waals surface area contributed by atoms with Gasteiger partial charge in [0.2, 0.25) is 0 Å². The van der Waals surface area contributed by atoms with Crippen LogP contribution in [0, 0.1) is 18.3 Å². The lowest BCUT2D eigenvalue weighted by Gasteiger charge is -2.20. The number of nitriles is 1. The van der Waals surface area contributed by atoms with Crippen LogP contribution >= 0.6 is 11.3 Å². The normalized spacial score (nSPS) is 15.7. The van der Waals surface area contributed by atoms with Crippen molar-refractivity contribution >= 4 is 21.9 Å². The molecule has 4 aromatic rings. The Morgan fingerprint density at radius 1 is 1.31 bits per heavy atom. The number of aromatic nitrogens is 4. The molecule has 0 bridgehead atoms. The fraction of sp³-hybridized carbons (Fsp3) is 0.316. The molecule has 0 saturated carbocycles. The molecule has 4 aromatic heterocycles. The number of hydrogen-bond donors (Lipinski definition) is 1. The number of piperidine rings is 1. The van der Waals surface area contributed by atoms with E-state index in [0.717, 1.165) is 41.3 Å². The summed E-state index contributed by atoms with van der Waals surface area (Å²) in [5.74, 6) is 0.554. The van der Waals surface area contributed by atoms with Crippen LogP contribution in [0.1, 0.15) is 35.7 Å². The highest BCUT2D eigenvalue weighted by molar-refractivity contribution is 7.20. The van der Waals surface area contributed by atoms with E-state index in [0.29, 0.717) is 17.1 Å². The predicted octanol–water partition coefficient (Wildman–Crippen LogP) is 3.36. The molecular formula is C19H18N6S. The molecule has 0 amide bonds. The molecular weight excluding hydrogens is 344 g/mol. The van der Waals surface area contributed by atoms with Crippen molar-refractivity contribution in [3.8, 4) is 16.5 Å². The van der Waals surface area contributed by atoms with Crippen molar-refractivity contribution < 1.29 is 0 Å². The zero-order valence-corrected chi connectivity index (χ0v) is 15.3. The van der Waals surface area contributed by atoms with Crippen LogP contribution in [0.2, 0.25) is 0 Å². The van der Waals surface area contributed by atoms with Gasteiger partial charge < -0.3 is 9.72 Å². The fourth-order valence-corrected chi connectivity index (χ4v) is 4.89. The maximum atomic E-state index is 9.45. The summed E-state index contributed by atoms with van der Waals surface area (Å²) in [6.07, 6.45) is 10.1.